The highest BCUT2D eigenvalue weighted by molar-refractivity contribution is 5.66. The molecule has 0 aliphatic heterocycles. The highest BCUT2D eigenvalue weighted by atomic mass is 16.4. The lowest BCUT2D eigenvalue weighted by atomic mass is 9.44. The summed E-state index contributed by atoms with van der Waals surface area (Å²) in [4.78, 5) is 11.5. The second-order valence-corrected chi connectivity index (χ2v) is 12.5. The van der Waals surface area contributed by atoms with Crippen LogP contribution in [0.4, 0.5) is 0 Å². The molecule has 2 heteroatoms. The molecule has 2 saturated carbocycles. The molecule has 3 aliphatic rings. The molecule has 0 aromatic heterocycles. The second-order valence-electron chi connectivity index (χ2n) is 12.5. The Balaban J connectivity index is 1.95. The number of carbonyl (C=O) groups is 1. The Hall–Kier alpha value is -1.31. The van der Waals surface area contributed by atoms with E-state index in [1.165, 1.54) is 37.7 Å². The third-order valence-electron chi connectivity index (χ3n) is 10.3. The van der Waals surface area contributed by atoms with Crippen LogP contribution in [0.2, 0.25) is 0 Å². The van der Waals surface area contributed by atoms with Crippen LogP contribution in [0.25, 0.3) is 0 Å². The van der Waals surface area contributed by atoms with Gasteiger partial charge in [-0.3, -0.25) is 4.79 Å². The van der Waals surface area contributed by atoms with E-state index in [-0.39, 0.29) is 11.8 Å². The van der Waals surface area contributed by atoms with Gasteiger partial charge in [-0.05, 0) is 105 Å². The third-order valence-corrected chi connectivity index (χ3v) is 10.3. The van der Waals surface area contributed by atoms with Gasteiger partial charge in [0.15, 0.2) is 0 Å². The zero-order chi connectivity index (χ0) is 23.9. The highest BCUT2D eigenvalue weighted by Crippen LogP contribution is 2.71. The van der Waals surface area contributed by atoms with E-state index in [2.05, 4.69) is 67.2 Å². The molecule has 0 radical (unpaired) electrons. The van der Waals surface area contributed by atoms with Crippen LogP contribution in [-0.2, 0) is 4.79 Å². The second kappa shape index (κ2) is 9.15. The summed E-state index contributed by atoms with van der Waals surface area (Å²) < 4.78 is 0. The van der Waals surface area contributed by atoms with E-state index in [1.807, 2.05) is 0 Å². The van der Waals surface area contributed by atoms with E-state index in [0.29, 0.717) is 28.6 Å². The minimum atomic E-state index is -0.677. The number of carboxylic acid groups (broad SMARTS) is 1. The van der Waals surface area contributed by atoms with Crippen LogP contribution in [0.3, 0.4) is 0 Å². The van der Waals surface area contributed by atoms with Crippen molar-refractivity contribution in [3.8, 4) is 0 Å². The van der Waals surface area contributed by atoms with Gasteiger partial charge in [0.05, 0.1) is 0 Å². The van der Waals surface area contributed by atoms with Gasteiger partial charge in [-0.15, -0.1) is 0 Å². The van der Waals surface area contributed by atoms with E-state index in [4.69, 9.17) is 0 Å². The molecule has 6 atom stereocenters. The van der Waals surface area contributed by atoms with Gasteiger partial charge >= 0.3 is 5.97 Å². The Morgan fingerprint density at radius 2 is 1.84 bits per heavy atom. The zero-order valence-corrected chi connectivity index (χ0v) is 21.9. The largest absolute Gasteiger partial charge is 0.481 e. The summed E-state index contributed by atoms with van der Waals surface area (Å²) in [5.41, 5.74) is 4.92. The minimum Gasteiger partial charge on any atom is -0.481 e. The van der Waals surface area contributed by atoms with Crippen molar-refractivity contribution >= 4 is 5.97 Å². The summed E-state index contributed by atoms with van der Waals surface area (Å²) in [6.07, 6.45) is 14.6. The molecule has 0 spiro atoms. The number of fused-ring (bicyclic) bond motifs is 3. The molecular weight excluding hydrogens is 392 g/mol. The predicted molar refractivity (Wildman–Crippen MR) is 135 cm³/mol. The quantitative estimate of drug-likeness (QED) is 0.384. The zero-order valence-electron chi connectivity index (χ0n) is 21.9. The van der Waals surface area contributed by atoms with Crippen molar-refractivity contribution in [2.24, 2.45) is 39.9 Å². The smallest absolute Gasteiger partial charge is 0.303 e. The van der Waals surface area contributed by atoms with Crippen molar-refractivity contribution in [2.75, 3.05) is 0 Å². The number of allylic oxidation sites excluding steroid dienone is 5. The lowest BCUT2D eigenvalue weighted by molar-refractivity contribution is -0.137. The minimum absolute atomic E-state index is 0.0717. The van der Waals surface area contributed by atoms with Crippen molar-refractivity contribution in [3.05, 3.63) is 35.5 Å². The molecule has 3 rings (SSSR count). The van der Waals surface area contributed by atoms with Gasteiger partial charge in [-0.25, -0.2) is 0 Å². The molecule has 6 unspecified atom stereocenters. The first-order valence-electron chi connectivity index (χ1n) is 13.1. The van der Waals surface area contributed by atoms with Gasteiger partial charge in [0, 0.05) is 6.42 Å². The van der Waals surface area contributed by atoms with Crippen molar-refractivity contribution in [3.63, 3.8) is 0 Å². The van der Waals surface area contributed by atoms with Crippen LogP contribution in [0.1, 0.15) is 106 Å². The molecule has 2 fully saturated rings. The summed E-state index contributed by atoms with van der Waals surface area (Å²) in [5, 5.41) is 9.47. The Kier molecular flexibility index (Phi) is 7.24. The molecule has 1 N–H and O–H groups in total. The van der Waals surface area contributed by atoms with Crippen molar-refractivity contribution in [1.82, 2.24) is 0 Å². The van der Waals surface area contributed by atoms with Crippen LogP contribution in [0.15, 0.2) is 35.5 Å². The van der Waals surface area contributed by atoms with Gasteiger partial charge in [0.2, 0.25) is 0 Å². The molecule has 2 nitrogen and oxygen atoms in total. The van der Waals surface area contributed by atoms with Crippen LogP contribution >= 0.6 is 0 Å². The fraction of sp³-hybridized carbons (Fsp3) is 0.767. The monoisotopic (exact) mass is 440 g/mol. The first-order valence-corrected chi connectivity index (χ1v) is 13.1. The fourth-order valence-corrected chi connectivity index (χ4v) is 8.15. The van der Waals surface area contributed by atoms with E-state index in [0.717, 1.165) is 25.2 Å². The van der Waals surface area contributed by atoms with Gasteiger partial charge in [0.1, 0.15) is 0 Å². The van der Waals surface area contributed by atoms with Gasteiger partial charge in [-0.1, -0.05) is 70.1 Å². The molecule has 32 heavy (non-hydrogen) atoms. The topological polar surface area (TPSA) is 37.3 Å². The van der Waals surface area contributed by atoms with Crippen LogP contribution in [-0.4, -0.2) is 11.1 Å². The molecular formula is C30H48O2. The highest BCUT2D eigenvalue weighted by Gasteiger charge is 2.62. The fourth-order valence-electron chi connectivity index (χ4n) is 8.15. The summed E-state index contributed by atoms with van der Waals surface area (Å²) in [6, 6.07) is 0. The van der Waals surface area contributed by atoms with Crippen molar-refractivity contribution < 1.29 is 9.90 Å². The van der Waals surface area contributed by atoms with E-state index in [9.17, 15) is 9.90 Å². The summed E-state index contributed by atoms with van der Waals surface area (Å²) in [7, 11) is 0. The van der Waals surface area contributed by atoms with Crippen LogP contribution in [0.5, 0.6) is 0 Å². The molecule has 0 bridgehead atoms. The third kappa shape index (κ3) is 4.16. The average Bonchev–Trinajstić information content (AvgIpc) is 2.98. The summed E-state index contributed by atoms with van der Waals surface area (Å²) in [6.45, 7) is 21.0. The standard InChI is InChI=1S/C30H48O2/c1-20(2)10-9-11-22(5)24-14-18-30(8)26-13-12-23(21(3)4)28(6,17-16-27(31)32)25(26)15-19-29(24,30)7/h11,15,20,23-24,26H,3,9-10,12-14,16-19H2,1-2,4-8H3,(H,31,32). The first-order chi connectivity index (χ1) is 14.9. The molecule has 0 aromatic rings. The van der Waals surface area contributed by atoms with E-state index >= 15 is 0 Å². The number of aliphatic carboxylic acids is 1. The number of carboxylic acids is 1. The SMILES string of the molecule is C=C(C)C1CCC2C(=CCC3(C)C(C(C)=CCCC(C)C)CCC23C)C1(C)CCC(=O)O. The molecule has 0 amide bonds. The summed E-state index contributed by atoms with van der Waals surface area (Å²) in [5.74, 6) is 1.72. The maximum atomic E-state index is 11.5. The van der Waals surface area contributed by atoms with Gasteiger partial charge in [-0.2, -0.15) is 0 Å². The lowest BCUT2D eigenvalue weighted by Gasteiger charge is -2.60. The normalized spacial score (nSPS) is 39.4. The lowest BCUT2D eigenvalue weighted by Crippen LogP contribution is -2.51. The first kappa shape index (κ1) is 25.3. The summed E-state index contributed by atoms with van der Waals surface area (Å²) >= 11 is 0. The van der Waals surface area contributed by atoms with Crippen molar-refractivity contribution in [1.29, 1.82) is 0 Å². The van der Waals surface area contributed by atoms with Crippen LogP contribution < -0.4 is 0 Å². The van der Waals surface area contributed by atoms with Gasteiger partial charge < -0.3 is 5.11 Å². The number of hydrogen-bond acceptors (Lipinski definition) is 1. The van der Waals surface area contributed by atoms with E-state index < -0.39 is 5.97 Å². The Bertz CT molecular complexity index is 802. The van der Waals surface area contributed by atoms with E-state index in [1.54, 1.807) is 11.1 Å². The molecule has 0 heterocycles. The Morgan fingerprint density at radius 3 is 2.44 bits per heavy atom. The number of hydrogen-bond donors (Lipinski definition) is 1. The molecule has 0 saturated heterocycles. The predicted octanol–water partition coefficient (Wildman–Crippen LogP) is 8.60. The van der Waals surface area contributed by atoms with Crippen molar-refractivity contribution in [2.45, 2.75) is 106 Å². The Labute approximate surface area is 197 Å². The maximum absolute atomic E-state index is 11.5. The number of rotatable bonds is 8. The van der Waals surface area contributed by atoms with Gasteiger partial charge in [0.25, 0.3) is 0 Å². The maximum Gasteiger partial charge on any atom is 0.303 e. The molecule has 3 aliphatic carbocycles. The molecule has 0 aromatic carbocycles. The van der Waals surface area contributed by atoms with Crippen LogP contribution in [0, 0.1) is 39.9 Å². The molecule has 180 valence electrons. The average molecular weight is 441 g/mol. The Morgan fingerprint density at radius 1 is 1.16 bits per heavy atom.